The van der Waals surface area contributed by atoms with E-state index in [4.69, 9.17) is 9.47 Å². The van der Waals surface area contributed by atoms with E-state index in [1.54, 1.807) is 12.3 Å². The molecule has 0 aliphatic heterocycles. The molecule has 0 unspecified atom stereocenters. The lowest BCUT2D eigenvalue weighted by atomic mass is 10.0. The second-order valence-electron chi connectivity index (χ2n) is 6.31. The standard InChI is InChI=1S/C22H19N3O4/c1-14-8-16(9-18-17(11-23)12-24-20(14)18)10-19(21(26)28-2)25-22(27)29-13-15-6-4-3-5-7-15/h3-10,12,24H,13H2,1-2H3,(H,25,27)/b19-10-. The van der Waals surface area contributed by atoms with Crippen molar-refractivity contribution in [3.63, 3.8) is 0 Å². The first-order valence-corrected chi connectivity index (χ1v) is 8.81. The fourth-order valence-electron chi connectivity index (χ4n) is 2.91. The van der Waals surface area contributed by atoms with Gasteiger partial charge in [-0.15, -0.1) is 0 Å². The van der Waals surface area contributed by atoms with Crippen molar-refractivity contribution in [1.82, 2.24) is 10.3 Å². The Balaban J connectivity index is 1.84. The monoisotopic (exact) mass is 389 g/mol. The van der Waals surface area contributed by atoms with E-state index in [0.29, 0.717) is 11.1 Å². The number of ether oxygens (including phenoxy) is 2. The smallest absolute Gasteiger partial charge is 0.412 e. The molecular weight excluding hydrogens is 370 g/mol. The summed E-state index contributed by atoms with van der Waals surface area (Å²) < 4.78 is 9.92. The number of carbonyl (C=O) groups excluding carboxylic acids is 2. The normalized spacial score (nSPS) is 11.0. The van der Waals surface area contributed by atoms with Gasteiger partial charge in [0, 0.05) is 17.1 Å². The second-order valence-corrected chi connectivity index (χ2v) is 6.31. The number of nitrogens with one attached hydrogen (secondary N) is 2. The zero-order chi connectivity index (χ0) is 20.8. The molecule has 0 saturated heterocycles. The van der Waals surface area contributed by atoms with Crippen LogP contribution in [0.4, 0.5) is 4.79 Å². The van der Waals surface area contributed by atoms with Crippen LogP contribution >= 0.6 is 0 Å². The molecule has 29 heavy (non-hydrogen) atoms. The third-order valence-corrected chi connectivity index (χ3v) is 4.30. The van der Waals surface area contributed by atoms with E-state index >= 15 is 0 Å². The summed E-state index contributed by atoms with van der Waals surface area (Å²) in [6.45, 7) is 1.96. The van der Waals surface area contributed by atoms with Crippen LogP contribution in [-0.4, -0.2) is 24.2 Å². The molecule has 1 amide bonds. The first-order valence-electron chi connectivity index (χ1n) is 8.81. The summed E-state index contributed by atoms with van der Waals surface area (Å²) in [6, 6.07) is 14.9. The summed E-state index contributed by atoms with van der Waals surface area (Å²) in [7, 11) is 1.22. The SMILES string of the molecule is COC(=O)/C(=C/c1cc(C)c2[nH]cc(C#N)c2c1)NC(=O)OCc1ccccc1. The van der Waals surface area contributed by atoms with E-state index < -0.39 is 12.1 Å². The van der Waals surface area contributed by atoms with Crippen LogP contribution in [0.3, 0.4) is 0 Å². The summed E-state index contributed by atoms with van der Waals surface area (Å²) in [4.78, 5) is 27.3. The maximum atomic E-state index is 12.1. The highest BCUT2D eigenvalue weighted by atomic mass is 16.6. The Bertz CT molecular complexity index is 1120. The maximum Gasteiger partial charge on any atom is 0.412 e. The lowest BCUT2D eigenvalue weighted by Gasteiger charge is -2.10. The highest BCUT2D eigenvalue weighted by molar-refractivity contribution is 5.98. The number of aryl methyl sites for hydroxylation is 1. The van der Waals surface area contributed by atoms with Crippen LogP contribution in [0.25, 0.3) is 17.0 Å². The molecule has 7 nitrogen and oxygen atoms in total. The second kappa shape index (κ2) is 8.76. The minimum Gasteiger partial charge on any atom is -0.464 e. The van der Waals surface area contributed by atoms with Crippen LogP contribution in [0.15, 0.2) is 54.4 Å². The van der Waals surface area contributed by atoms with Gasteiger partial charge in [0.05, 0.1) is 12.7 Å². The molecule has 0 bridgehead atoms. The van der Waals surface area contributed by atoms with Crippen LogP contribution in [-0.2, 0) is 20.9 Å². The average molecular weight is 389 g/mol. The Labute approximate surface area is 167 Å². The Morgan fingerprint density at radius 3 is 2.69 bits per heavy atom. The van der Waals surface area contributed by atoms with Crippen LogP contribution in [0.1, 0.15) is 22.3 Å². The van der Waals surface area contributed by atoms with Gasteiger partial charge >= 0.3 is 12.1 Å². The van der Waals surface area contributed by atoms with Gasteiger partial charge in [-0.25, -0.2) is 9.59 Å². The Morgan fingerprint density at radius 1 is 1.24 bits per heavy atom. The molecule has 2 N–H and O–H groups in total. The van der Waals surface area contributed by atoms with E-state index in [0.717, 1.165) is 22.0 Å². The lowest BCUT2D eigenvalue weighted by molar-refractivity contribution is -0.136. The molecule has 0 atom stereocenters. The number of aromatic amines is 1. The summed E-state index contributed by atoms with van der Waals surface area (Å²) >= 11 is 0. The van der Waals surface area contributed by atoms with Crippen molar-refractivity contribution in [3.05, 3.63) is 76.6 Å². The molecule has 146 valence electrons. The van der Waals surface area contributed by atoms with Crippen molar-refractivity contribution in [1.29, 1.82) is 5.26 Å². The van der Waals surface area contributed by atoms with Crippen molar-refractivity contribution in [2.75, 3.05) is 7.11 Å². The molecule has 2 aromatic carbocycles. The summed E-state index contributed by atoms with van der Waals surface area (Å²) in [5.74, 6) is -0.714. The van der Waals surface area contributed by atoms with Crippen LogP contribution in [0.5, 0.6) is 0 Å². The molecule has 1 aromatic heterocycles. The molecular formula is C22H19N3O4. The van der Waals surface area contributed by atoms with Crippen LogP contribution in [0.2, 0.25) is 0 Å². The van der Waals surface area contributed by atoms with Crippen LogP contribution in [0, 0.1) is 18.3 Å². The molecule has 0 aliphatic rings. The number of esters is 1. The number of hydrogen-bond acceptors (Lipinski definition) is 5. The van der Waals surface area contributed by atoms with E-state index in [-0.39, 0.29) is 12.3 Å². The number of methoxy groups -OCH3 is 1. The first kappa shape index (κ1) is 19.7. The summed E-state index contributed by atoms with van der Waals surface area (Å²) in [5, 5.41) is 12.4. The van der Waals surface area contributed by atoms with E-state index in [9.17, 15) is 14.9 Å². The highest BCUT2D eigenvalue weighted by Gasteiger charge is 2.15. The van der Waals surface area contributed by atoms with E-state index in [2.05, 4.69) is 16.4 Å². The molecule has 3 aromatic rings. The Hall–Kier alpha value is -4.05. The van der Waals surface area contributed by atoms with Crippen molar-refractivity contribution < 1.29 is 19.1 Å². The van der Waals surface area contributed by atoms with Gasteiger partial charge < -0.3 is 14.5 Å². The number of aromatic nitrogens is 1. The van der Waals surface area contributed by atoms with Gasteiger partial charge in [-0.3, -0.25) is 5.32 Å². The summed E-state index contributed by atoms with van der Waals surface area (Å²) in [5.41, 5.74) is 3.62. The van der Waals surface area contributed by atoms with Crippen molar-refractivity contribution in [2.45, 2.75) is 13.5 Å². The van der Waals surface area contributed by atoms with Gasteiger partial charge in [0.1, 0.15) is 18.4 Å². The largest absolute Gasteiger partial charge is 0.464 e. The van der Waals surface area contributed by atoms with Gasteiger partial charge in [-0.2, -0.15) is 5.26 Å². The third kappa shape index (κ3) is 4.62. The van der Waals surface area contributed by atoms with E-state index in [1.165, 1.54) is 13.2 Å². The van der Waals surface area contributed by atoms with Gasteiger partial charge in [-0.05, 0) is 41.8 Å². The zero-order valence-corrected chi connectivity index (χ0v) is 16.0. The summed E-state index contributed by atoms with van der Waals surface area (Å²) in [6.07, 6.45) is 2.34. The van der Waals surface area contributed by atoms with Crippen molar-refractivity contribution in [3.8, 4) is 6.07 Å². The number of hydrogen-bond donors (Lipinski definition) is 2. The number of H-pyrrole nitrogens is 1. The molecule has 0 saturated carbocycles. The fraction of sp³-hybridized carbons (Fsp3) is 0.136. The average Bonchev–Trinajstić information content (AvgIpc) is 3.15. The van der Waals surface area contributed by atoms with Gasteiger partial charge in [0.2, 0.25) is 0 Å². The van der Waals surface area contributed by atoms with Gasteiger partial charge in [0.15, 0.2) is 0 Å². The molecule has 3 rings (SSSR count). The topological polar surface area (TPSA) is 104 Å². The number of amides is 1. The Morgan fingerprint density at radius 2 is 2.00 bits per heavy atom. The van der Waals surface area contributed by atoms with Crippen molar-refractivity contribution in [2.24, 2.45) is 0 Å². The molecule has 0 radical (unpaired) electrons. The van der Waals surface area contributed by atoms with E-state index in [1.807, 2.05) is 43.3 Å². The molecule has 0 fully saturated rings. The number of alkyl carbamates (subject to hydrolysis) is 1. The van der Waals surface area contributed by atoms with Gasteiger partial charge in [-0.1, -0.05) is 30.3 Å². The minimum atomic E-state index is -0.775. The number of nitriles is 1. The predicted octanol–water partition coefficient (Wildman–Crippen LogP) is 3.79. The highest BCUT2D eigenvalue weighted by Crippen LogP contribution is 2.24. The van der Waals surface area contributed by atoms with Gasteiger partial charge in [0.25, 0.3) is 0 Å². The lowest BCUT2D eigenvalue weighted by Crippen LogP contribution is -2.28. The number of rotatable bonds is 5. The molecule has 1 heterocycles. The maximum absolute atomic E-state index is 12.1. The number of carbonyl (C=O) groups is 2. The molecule has 7 heteroatoms. The minimum absolute atomic E-state index is 0.0705. The Kier molecular flexibility index (Phi) is 5.95. The zero-order valence-electron chi connectivity index (χ0n) is 16.0. The number of nitrogens with zero attached hydrogens (tertiary/aromatic N) is 1. The first-order chi connectivity index (χ1) is 14.0. The predicted molar refractivity (Wildman–Crippen MR) is 108 cm³/mol. The quantitative estimate of drug-likeness (QED) is 0.510. The number of fused-ring (bicyclic) bond motifs is 1. The molecule has 0 aliphatic carbocycles. The van der Waals surface area contributed by atoms with Crippen LogP contribution < -0.4 is 5.32 Å². The third-order valence-electron chi connectivity index (χ3n) is 4.30. The molecule has 0 spiro atoms. The van der Waals surface area contributed by atoms with Crippen molar-refractivity contribution >= 4 is 29.0 Å². The fourth-order valence-corrected chi connectivity index (χ4v) is 2.91. The number of benzene rings is 2.